The van der Waals surface area contributed by atoms with Crippen molar-refractivity contribution in [3.63, 3.8) is 0 Å². The minimum absolute atomic E-state index is 0.111. The molecule has 2 aromatic carbocycles. The van der Waals surface area contributed by atoms with E-state index in [0.29, 0.717) is 11.1 Å². The Morgan fingerprint density at radius 2 is 1.62 bits per heavy atom. The summed E-state index contributed by atoms with van der Waals surface area (Å²) in [6, 6.07) is 18.4. The molecule has 0 aliphatic heterocycles. The fraction of sp³-hybridized carbons (Fsp3) is 0.211. The second kappa shape index (κ2) is 7.55. The van der Waals surface area contributed by atoms with E-state index in [1.54, 1.807) is 12.1 Å². The maximum atomic E-state index is 12.6. The van der Waals surface area contributed by atoms with Gasteiger partial charge in [-0.15, -0.1) is 0 Å². The molecule has 0 aliphatic carbocycles. The van der Waals surface area contributed by atoms with Gasteiger partial charge in [-0.3, -0.25) is 4.79 Å². The van der Waals surface area contributed by atoms with Gasteiger partial charge < -0.3 is 5.11 Å². The lowest BCUT2D eigenvalue weighted by molar-refractivity contribution is 0.0986. The van der Waals surface area contributed by atoms with E-state index in [1.165, 1.54) is 0 Å². The molecule has 108 valence electrons. The van der Waals surface area contributed by atoms with Gasteiger partial charge in [0.1, 0.15) is 6.10 Å². The number of allylic oxidation sites excluding steroid dienone is 1. The zero-order valence-corrected chi connectivity index (χ0v) is 12.2. The second-order valence-corrected chi connectivity index (χ2v) is 4.96. The van der Waals surface area contributed by atoms with Crippen molar-refractivity contribution in [2.75, 3.05) is 0 Å². The average molecular weight is 280 g/mol. The standard InChI is InChI=1S/C19H20O2/c1-2-3-14-17(18(20)15-10-6-4-7-11-15)19(21)16-12-8-5-9-13-16/h4-14,18,20H,2-3H2,1H3/b17-14-. The summed E-state index contributed by atoms with van der Waals surface area (Å²) in [4.78, 5) is 12.6. The van der Waals surface area contributed by atoms with Crippen LogP contribution in [0.4, 0.5) is 0 Å². The molecule has 0 aliphatic rings. The molecule has 0 saturated carbocycles. The highest BCUT2D eigenvalue weighted by Gasteiger charge is 2.21. The quantitative estimate of drug-likeness (QED) is 0.631. The van der Waals surface area contributed by atoms with Crippen LogP contribution in [-0.2, 0) is 0 Å². The van der Waals surface area contributed by atoms with Crippen molar-refractivity contribution in [3.8, 4) is 0 Å². The Bertz CT molecular complexity index is 600. The molecule has 21 heavy (non-hydrogen) atoms. The number of rotatable bonds is 6. The molecule has 1 N–H and O–H groups in total. The molecule has 0 heterocycles. The molecule has 2 aromatic rings. The zero-order chi connectivity index (χ0) is 15.1. The number of unbranched alkanes of at least 4 members (excludes halogenated alkanes) is 1. The highest BCUT2D eigenvalue weighted by atomic mass is 16.3. The minimum atomic E-state index is -0.884. The maximum absolute atomic E-state index is 12.6. The Morgan fingerprint density at radius 1 is 1.05 bits per heavy atom. The fourth-order valence-electron chi connectivity index (χ4n) is 2.20. The lowest BCUT2D eigenvalue weighted by atomic mass is 9.93. The Balaban J connectivity index is 2.33. The summed E-state index contributed by atoms with van der Waals surface area (Å²) in [5.74, 6) is -0.111. The molecule has 2 nitrogen and oxygen atoms in total. The normalized spacial score (nSPS) is 13.0. The van der Waals surface area contributed by atoms with Gasteiger partial charge in [-0.2, -0.15) is 0 Å². The lowest BCUT2D eigenvalue weighted by Crippen LogP contribution is -2.12. The third-order valence-electron chi connectivity index (χ3n) is 3.36. The number of hydrogen-bond acceptors (Lipinski definition) is 2. The summed E-state index contributed by atoms with van der Waals surface area (Å²) in [6.45, 7) is 2.05. The van der Waals surface area contributed by atoms with Crippen LogP contribution in [0.15, 0.2) is 72.3 Å². The van der Waals surface area contributed by atoms with E-state index >= 15 is 0 Å². The highest BCUT2D eigenvalue weighted by molar-refractivity contribution is 6.09. The van der Waals surface area contributed by atoms with E-state index in [0.717, 1.165) is 18.4 Å². The Morgan fingerprint density at radius 3 is 2.19 bits per heavy atom. The number of carbonyl (C=O) groups excluding carboxylic acids is 1. The third kappa shape index (κ3) is 3.89. The van der Waals surface area contributed by atoms with Crippen molar-refractivity contribution in [3.05, 3.63) is 83.4 Å². The van der Waals surface area contributed by atoms with Crippen molar-refractivity contribution in [1.29, 1.82) is 0 Å². The van der Waals surface area contributed by atoms with Crippen molar-refractivity contribution in [1.82, 2.24) is 0 Å². The zero-order valence-electron chi connectivity index (χ0n) is 12.2. The van der Waals surface area contributed by atoms with Crippen LogP contribution in [0.5, 0.6) is 0 Å². The lowest BCUT2D eigenvalue weighted by Gasteiger charge is -2.15. The van der Waals surface area contributed by atoms with E-state index < -0.39 is 6.10 Å². The van der Waals surface area contributed by atoms with Gasteiger partial charge in [-0.25, -0.2) is 0 Å². The minimum Gasteiger partial charge on any atom is -0.384 e. The number of Topliss-reactive ketones (excluding diaryl/α,β-unsaturated/α-hetero) is 1. The summed E-state index contributed by atoms with van der Waals surface area (Å²) in [7, 11) is 0. The molecular formula is C19H20O2. The third-order valence-corrected chi connectivity index (χ3v) is 3.36. The van der Waals surface area contributed by atoms with Gasteiger partial charge >= 0.3 is 0 Å². The molecule has 1 atom stereocenters. The Hall–Kier alpha value is -2.19. The molecule has 0 fully saturated rings. The summed E-state index contributed by atoms with van der Waals surface area (Å²) in [5, 5.41) is 10.5. The number of hydrogen-bond donors (Lipinski definition) is 1. The highest BCUT2D eigenvalue weighted by Crippen LogP contribution is 2.25. The van der Waals surface area contributed by atoms with Gasteiger partial charge in [0.15, 0.2) is 5.78 Å². The molecule has 0 bridgehead atoms. The van der Waals surface area contributed by atoms with Crippen molar-refractivity contribution in [2.24, 2.45) is 0 Å². The molecule has 0 radical (unpaired) electrons. The number of aliphatic hydroxyl groups excluding tert-OH is 1. The number of carbonyl (C=O) groups is 1. The monoisotopic (exact) mass is 280 g/mol. The maximum Gasteiger partial charge on any atom is 0.191 e. The largest absolute Gasteiger partial charge is 0.384 e. The topological polar surface area (TPSA) is 37.3 Å². The first-order valence-electron chi connectivity index (χ1n) is 7.27. The summed E-state index contributed by atoms with van der Waals surface area (Å²) >= 11 is 0. The smallest absolute Gasteiger partial charge is 0.191 e. The van der Waals surface area contributed by atoms with E-state index in [4.69, 9.17) is 0 Å². The van der Waals surface area contributed by atoms with E-state index in [2.05, 4.69) is 6.92 Å². The van der Waals surface area contributed by atoms with Gasteiger partial charge in [0, 0.05) is 11.1 Å². The molecule has 0 amide bonds. The van der Waals surface area contributed by atoms with Crippen LogP contribution in [0.3, 0.4) is 0 Å². The fourth-order valence-corrected chi connectivity index (χ4v) is 2.20. The van der Waals surface area contributed by atoms with Gasteiger partial charge in [-0.1, -0.05) is 80.1 Å². The number of ketones is 1. The predicted octanol–water partition coefficient (Wildman–Crippen LogP) is 4.33. The van der Waals surface area contributed by atoms with Crippen molar-refractivity contribution >= 4 is 5.78 Å². The second-order valence-electron chi connectivity index (χ2n) is 4.96. The van der Waals surface area contributed by atoms with Gasteiger partial charge in [0.25, 0.3) is 0 Å². The SMILES string of the molecule is CCC/C=C(\C(=O)c1ccccc1)C(O)c1ccccc1. The van der Waals surface area contributed by atoms with Gasteiger partial charge in [-0.05, 0) is 12.0 Å². The first-order chi connectivity index (χ1) is 10.2. The van der Waals surface area contributed by atoms with Crippen LogP contribution in [0.1, 0.15) is 41.8 Å². The predicted molar refractivity (Wildman–Crippen MR) is 85.2 cm³/mol. The van der Waals surface area contributed by atoms with Crippen LogP contribution in [-0.4, -0.2) is 10.9 Å². The van der Waals surface area contributed by atoms with Gasteiger partial charge in [0.2, 0.25) is 0 Å². The molecule has 0 aromatic heterocycles. The molecule has 2 heteroatoms. The first-order valence-corrected chi connectivity index (χ1v) is 7.27. The first kappa shape index (κ1) is 15.2. The summed E-state index contributed by atoms with van der Waals surface area (Å²) in [6.07, 6.45) is 2.68. The summed E-state index contributed by atoms with van der Waals surface area (Å²) < 4.78 is 0. The van der Waals surface area contributed by atoms with Crippen molar-refractivity contribution in [2.45, 2.75) is 25.9 Å². The Kier molecular flexibility index (Phi) is 5.47. The average Bonchev–Trinajstić information content (AvgIpc) is 2.56. The molecular weight excluding hydrogens is 260 g/mol. The van der Waals surface area contributed by atoms with E-state index in [9.17, 15) is 9.90 Å². The van der Waals surface area contributed by atoms with Crippen LogP contribution in [0.25, 0.3) is 0 Å². The summed E-state index contributed by atoms with van der Waals surface area (Å²) in [5.41, 5.74) is 1.80. The van der Waals surface area contributed by atoms with E-state index in [-0.39, 0.29) is 5.78 Å². The van der Waals surface area contributed by atoms with Crippen LogP contribution < -0.4 is 0 Å². The molecule has 1 unspecified atom stereocenters. The Labute approximate surface area is 125 Å². The molecule has 0 spiro atoms. The number of benzene rings is 2. The number of aliphatic hydroxyl groups is 1. The van der Waals surface area contributed by atoms with Crippen molar-refractivity contribution < 1.29 is 9.90 Å². The van der Waals surface area contributed by atoms with Crippen LogP contribution >= 0.6 is 0 Å². The molecule has 0 saturated heterocycles. The van der Waals surface area contributed by atoms with Gasteiger partial charge in [0.05, 0.1) is 0 Å². The van der Waals surface area contributed by atoms with Crippen LogP contribution in [0, 0.1) is 0 Å². The van der Waals surface area contributed by atoms with Crippen LogP contribution in [0.2, 0.25) is 0 Å². The van der Waals surface area contributed by atoms with E-state index in [1.807, 2.05) is 54.6 Å². The molecule has 2 rings (SSSR count).